The van der Waals surface area contributed by atoms with Crippen molar-refractivity contribution in [1.29, 1.82) is 5.26 Å². The highest BCUT2D eigenvalue weighted by Gasteiger charge is 2.36. The second-order valence-corrected chi connectivity index (χ2v) is 10.3. The van der Waals surface area contributed by atoms with Gasteiger partial charge in [0.25, 0.3) is 0 Å². The number of benzene rings is 2. The van der Waals surface area contributed by atoms with Gasteiger partial charge in [-0.1, -0.05) is 26.0 Å². The maximum atomic E-state index is 13.3. The summed E-state index contributed by atoms with van der Waals surface area (Å²) in [5.41, 5.74) is 1.28. The number of nitrogens with zero attached hydrogens (tertiary/aromatic N) is 4. The normalized spacial score (nSPS) is 20.4. The Kier molecular flexibility index (Phi) is 5.63. The monoisotopic (exact) mass is 438 g/mol. The van der Waals surface area contributed by atoms with E-state index in [2.05, 4.69) is 18.8 Å². The number of hydrogen-bond donors (Lipinski definition) is 0. The molecule has 4 rings (SSSR count). The highest BCUT2D eigenvalue weighted by molar-refractivity contribution is 7.92. The van der Waals surface area contributed by atoms with E-state index in [9.17, 15) is 18.1 Å². The summed E-state index contributed by atoms with van der Waals surface area (Å²) >= 11 is 0. The fourth-order valence-electron chi connectivity index (χ4n) is 4.29. The Morgan fingerprint density at radius 3 is 2.19 bits per heavy atom. The summed E-state index contributed by atoms with van der Waals surface area (Å²) in [7, 11) is -4.13. The first-order valence-electron chi connectivity index (χ1n) is 10.2. The van der Waals surface area contributed by atoms with Crippen molar-refractivity contribution in [2.75, 3.05) is 18.0 Å². The molecule has 2 aromatic carbocycles. The standard InChI is InChI=1S/C23H23FN4O2S/c1-15-11-16(2)14-28(13-15)23-22(26-19-5-3-4-6-20(19)27-23)21(12-25)31(29,30)18-9-7-17(24)8-10-18/h3-10,15-16,21H,11,13-14H2,1-2H3/t15-,16-,21-/m1/s1. The van der Waals surface area contributed by atoms with Crippen LogP contribution in [-0.4, -0.2) is 31.5 Å². The van der Waals surface area contributed by atoms with Crippen molar-refractivity contribution >= 4 is 26.7 Å². The molecule has 0 radical (unpaired) electrons. The van der Waals surface area contributed by atoms with Gasteiger partial charge in [-0.25, -0.2) is 22.8 Å². The predicted octanol–water partition coefficient (Wildman–Crippen LogP) is 4.29. The molecule has 3 aromatic rings. The number of para-hydroxylation sites is 2. The quantitative estimate of drug-likeness (QED) is 0.565. The number of aromatic nitrogens is 2. The van der Waals surface area contributed by atoms with Crippen molar-refractivity contribution in [2.45, 2.75) is 30.4 Å². The van der Waals surface area contributed by atoms with Crippen molar-refractivity contribution in [3.05, 3.63) is 60.0 Å². The second kappa shape index (κ2) is 8.23. The molecule has 8 heteroatoms. The van der Waals surface area contributed by atoms with Crippen LogP contribution in [0.5, 0.6) is 0 Å². The summed E-state index contributed by atoms with van der Waals surface area (Å²) in [5, 5.41) is 8.38. The molecule has 2 heterocycles. The zero-order chi connectivity index (χ0) is 22.2. The molecule has 0 bridgehead atoms. The minimum atomic E-state index is -4.13. The van der Waals surface area contributed by atoms with E-state index in [4.69, 9.17) is 4.98 Å². The van der Waals surface area contributed by atoms with Crippen LogP contribution < -0.4 is 4.90 Å². The number of rotatable bonds is 4. The average Bonchev–Trinajstić information content (AvgIpc) is 2.73. The molecule has 0 amide bonds. The Labute approximate surface area is 181 Å². The largest absolute Gasteiger partial charge is 0.354 e. The lowest BCUT2D eigenvalue weighted by Crippen LogP contribution is -2.40. The zero-order valence-corrected chi connectivity index (χ0v) is 18.2. The number of hydrogen-bond acceptors (Lipinski definition) is 6. The minimum Gasteiger partial charge on any atom is -0.354 e. The fourth-order valence-corrected chi connectivity index (χ4v) is 5.67. The molecule has 0 aliphatic carbocycles. The first-order valence-corrected chi connectivity index (χ1v) is 11.7. The highest BCUT2D eigenvalue weighted by Crippen LogP contribution is 2.36. The summed E-state index contributed by atoms with van der Waals surface area (Å²) in [6.07, 6.45) is 1.07. The number of anilines is 1. The van der Waals surface area contributed by atoms with E-state index < -0.39 is 20.9 Å². The molecule has 0 unspecified atom stereocenters. The van der Waals surface area contributed by atoms with Gasteiger partial charge in [0.2, 0.25) is 9.84 Å². The third-order valence-corrected chi connectivity index (χ3v) is 7.44. The van der Waals surface area contributed by atoms with E-state index in [1.807, 2.05) is 23.1 Å². The van der Waals surface area contributed by atoms with Gasteiger partial charge in [-0.3, -0.25) is 0 Å². The summed E-state index contributed by atoms with van der Waals surface area (Å²) in [6, 6.07) is 13.6. The lowest BCUT2D eigenvalue weighted by Gasteiger charge is -2.36. The fraction of sp³-hybridized carbons (Fsp3) is 0.348. The van der Waals surface area contributed by atoms with Crippen molar-refractivity contribution in [2.24, 2.45) is 11.8 Å². The minimum absolute atomic E-state index is 0.117. The van der Waals surface area contributed by atoms with Gasteiger partial charge < -0.3 is 4.90 Å². The van der Waals surface area contributed by atoms with Crippen molar-refractivity contribution < 1.29 is 12.8 Å². The zero-order valence-electron chi connectivity index (χ0n) is 17.4. The Bertz CT molecular complexity index is 1240. The molecular weight excluding hydrogens is 415 g/mol. The maximum absolute atomic E-state index is 13.3. The Morgan fingerprint density at radius 1 is 1.03 bits per heavy atom. The first kappa shape index (κ1) is 21.2. The van der Waals surface area contributed by atoms with Gasteiger partial charge in [-0.2, -0.15) is 5.26 Å². The van der Waals surface area contributed by atoms with Crippen LogP contribution in [0.4, 0.5) is 10.2 Å². The van der Waals surface area contributed by atoms with Gasteiger partial charge >= 0.3 is 0 Å². The molecule has 6 nitrogen and oxygen atoms in total. The summed E-state index contributed by atoms with van der Waals surface area (Å²) in [5.74, 6) is 0.683. The lowest BCUT2D eigenvalue weighted by molar-refractivity contribution is 0.355. The third-order valence-electron chi connectivity index (χ3n) is 5.56. The van der Waals surface area contributed by atoms with E-state index in [1.165, 1.54) is 12.1 Å². The number of nitriles is 1. The molecule has 1 aliphatic rings. The van der Waals surface area contributed by atoms with E-state index in [0.29, 0.717) is 41.8 Å². The molecule has 0 N–H and O–H groups in total. The van der Waals surface area contributed by atoms with Gasteiger partial charge in [-0.05, 0) is 54.7 Å². The molecular formula is C23H23FN4O2S. The van der Waals surface area contributed by atoms with Crippen LogP contribution in [0.15, 0.2) is 53.4 Å². The molecule has 1 aliphatic heterocycles. The Hall–Kier alpha value is -3.05. The lowest BCUT2D eigenvalue weighted by atomic mass is 9.92. The van der Waals surface area contributed by atoms with Crippen molar-refractivity contribution in [3.8, 4) is 6.07 Å². The molecule has 0 saturated carbocycles. The molecule has 160 valence electrons. The number of piperidine rings is 1. The van der Waals surface area contributed by atoms with E-state index in [0.717, 1.165) is 18.6 Å². The maximum Gasteiger partial charge on any atom is 0.200 e. The SMILES string of the molecule is C[C@@H]1C[C@@H](C)CN(c2nc3ccccc3nc2[C@@H](C#N)S(=O)(=O)c2ccc(F)cc2)C1. The van der Waals surface area contributed by atoms with Gasteiger partial charge in [0.1, 0.15) is 11.5 Å². The Morgan fingerprint density at radius 2 is 1.61 bits per heavy atom. The smallest absolute Gasteiger partial charge is 0.200 e. The summed E-state index contributed by atoms with van der Waals surface area (Å²) in [6.45, 7) is 5.71. The van der Waals surface area contributed by atoms with Gasteiger partial charge in [0.05, 0.1) is 22.0 Å². The molecule has 1 saturated heterocycles. The third kappa shape index (κ3) is 4.10. The average molecular weight is 439 g/mol. The second-order valence-electron chi connectivity index (χ2n) is 8.28. The highest BCUT2D eigenvalue weighted by atomic mass is 32.2. The van der Waals surface area contributed by atoms with Crippen LogP contribution in [0.25, 0.3) is 11.0 Å². The van der Waals surface area contributed by atoms with Crippen LogP contribution in [0.2, 0.25) is 0 Å². The van der Waals surface area contributed by atoms with Gasteiger partial charge in [0.15, 0.2) is 11.1 Å². The number of halogens is 1. The van der Waals surface area contributed by atoms with Crippen LogP contribution in [0.1, 0.15) is 31.2 Å². The summed E-state index contributed by atoms with van der Waals surface area (Å²) < 4.78 is 40.0. The number of sulfone groups is 1. The van der Waals surface area contributed by atoms with Crippen molar-refractivity contribution in [1.82, 2.24) is 9.97 Å². The molecule has 3 atom stereocenters. The van der Waals surface area contributed by atoms with E-state index in [-0.39, 0.29) is 10.6 Å². The van der Waals surface area contributed by atoms with Crippen LogP contribution in [0, 0.1) is 29.0 Å². The van der Waals surface area contributed by atoms with E-state index in [1.54, 1.807) is 12.1 Å². The predicted molar refractivity (Wildman–Crippen MR) is 117 cm³/mol. The molecule has 1 fully saturated rings. The van der Waals surface area contributed by atoms with Crippen LogP contribution in [0.3, 0.4) is 0 Å². The van der Waals surface area contributed by atoms with Crippen molar-refractivity contribution in [3.63, 3.8) is 0 Å². The first-order chi connectivity index (χ1) is 14.8. The van der Waals surface area contributed by atoms with Crippen LogP contribution >= 0.6 is 0 Å². The molecule has 0 spiro atoms. The van der Waals surface area contributed by atoms with E-state index >= 15 is 0 Å². The van der Waals surface area contributed by atoms with Gasteiger partial charge in [-0.15, -0.1) is 0 Å². The number of fused-ring (bicyclic) bond motifs is 1. The summed E-state index contributed by atoms with van der Waals surface area (Å²) in [4.78, 5) is 11.3. The molecule has 31 heavy (non-hydrogen) atoms. The molecule has 1 aromatic heterocycles. The van der Waals surface area contributed by atoms with Gasteiger partial charge in [0, 0.05) is 13.1 Å². The van der Waals surface area contributed by atoms with Crippen LogP contribution in [-0.2, 0) is 9.84 Å². The topological polar surface area (TPSA) is 86.9 Å². The Balaban J connectivity index is 1.90.